The molecule has 178 valence electrons. The van der Waals surface area contributed by atoms with E-state index in [1.165, 1.54) is 5.56 Å². The van der Waals surface area contributed by atoms with Gasteiger partial charge in [0.1, 0.15) is 11.4 Å². The Morgan fingerprint density at radius 2 is 1.76 bits per heavy atom. The van der Waals surface area contributed by atoms with Gasteiger partial charge in [-0.1, -0.05) is 55.0 Å². The van der Waals surface area contributed by atoms with Crippen molar-refractivity contribution in [2.24, 2.45) is 7.05 Å². The van der Waals surface area contributed by atoms with E-state index in [1.54, 1.807) is 4.68 Å². The van der Waals surface area contributed by atoms with Crippen LogP contribution >= 0.6 is 0 Å². The maximum absolute atomic E-state index is 10.6. The third-order valence-corrected chi connectivity index (χ3v) is 5.38. The van der Waals surface area contributed by atoms with Crippen molar-refractivity contribution < 1.29 is 14.6 Å². The average Bonchev–Trinajstić information content (AvgIpc) is 3.09. The molecule has 0 aliphatic carbocycles. The largest absolute Gasteiger partial charge is 0.439 e. The van der Waals surface area contributed by atoms with E-state index in [4.69, 9.17) is 14.6 Å². The Morgan fingerprint density at radius 1 is 1.06 bits per heavy atom. The monoisotopic (exact) mass is 451 g/mol. The number of aromatic nitrogens is 2. The Hall–Kier alpha value is -2.67. The zero-order chi connectivity index (χ0) is 23.8. The van der Waals surface area contributed by atoms with E-state index in [-0.39, 0.29) is 6.10 Å². The van der Waals surface area contributed by atoms with Crippen molar-refractivity contribution in [1.29, 1.82) is 0 Å². The highest BCUT2D eigenvalue weighted by Crippen LogP contribution is 2.34. The lowest BCUT2D eigenvalue weighted by Gasteiger charge is -2.25. The zero-order valence-corrected chi connectivity index (χ0v) is 20.5. The van der Waals surface area contributed by atoms with E-state index in [0.29, 0.717) is 25.6 Å². The molecule has 1 atom stereocenters. The van der Waals surface area contributed by atoms with Crippen LogP contribution in [0.3, 0.4) is 0 Å². The van der Waals surface area contributed by atoms with Crippen molar-refractivity contribution in [2.75, 3.05) is 19.7 Å². The highest BCUT2D eigenvalue weighted by Gasteiger charge is 2.23. The quantitative estimate of drug-likeness (QED) is 0.411. The molecule has 1 aromatic heterocycles. The van der Waals surface area contributed by atoms with Crippen molar-refractivity contribution in [1.82, 2.24) is 14.7 Å². The lowest BCUT2D eigenvalue weighted by molar-refractivity contribution is -0.00953. The van der Waals surface area contributed by atoms with Gasteiger partial charge in [0.2, 0.25) is 5.88 Å². The van der Waals surface area contributed by atoms with Gasteiger partial charge in [-0.15, -0.1) is 0 Å². The van der Waals surface area contributed by atoms with Gasteiger partial charge in [-0.2, -0.15) is 5.10 Å². The molecule has 1 N–H and O–H groups in total. The van der Waals surface area contributed by atoms with Crippen LogP contribution in [0, 0.1) is 6.92 Å². The van der Waals surface area contributed by atoms with Crippen LogP contribution in [0.5, 0.6) is 11.6 Å². The molecule has 3 aromatic rings. The molecule has 33 heavy (non-hydrogen) atoms. The highest BCUT2D eigenvalue weighted by atomic mass is 16.5. The molecule has 1 heterocycles. The maximum Gasteiger partial charge on any atom is 0.222 e. The van der Waals surface area contributed by atoms with Crippen molar-refractivity contribution in [3.05, 3.63) is 65.7 Å². The molecule has 0 unspecified atom stereocenters. The molecule has 2 aromatic carbocycles. The van der Waals surface area contributed by atoms with Crippen LogP contribution in [-0.4, -0.2) is 51.7 Å². The minimum absolute atomic E-state index is 0.0943. The molecule has 0 amide bonds. The molecule has 0 bridgehead atoms. The SMILES string of the molecule is CCCN(Cc1c(-c2ccccc2)nn(C)c1Oc1ccc(C)cc1)C[C@@H](O)COC(C)C. The number of nitrogens with zero attached hydrogens (tertiary/aromatic N) is 3. The molecule has 6 nitrogen and oxygen atoms in total. The number of hydrogen-bond acceptors (Lipinski definition) is 5. The predicted octanol–water partition coefficient (Wildman–Crippen LogP) is 5.19. The minimum Gasteiger partial charge on any atom is -0.439 e. The van der Waals surface area contributed by atoms with E-state index < -0.39 is 6.10 Å². The van der Waals surface area contributed by atoms with Crippen molar-refractivity contribution >= 4 is 0 Å². The van der Waals surface area contributed by atoms with Crippen LogP contribution in [0.15, 0.2) is 54.6 Å². The first-order valence-electron chi connectivity index (χ1n) is 11.7. The minimum atomic E-state index is -0.558. The zero-order valence-electron chi connectivity index (χ0n) is 20.5. The van der Waals surface area contributed by atoms with Crippen LogP contribution in [0.1, 0.15) is 38.3 Å². The van der Waals surface area contributed by atoms with E-state index in [2.05, 4.69) is 30.9 Å². The van der Waals surface area contributed by atoms with E-state index in [1.807, 2.05) is 63.4 Å². The van der Waals surface area contributed by atoms with Crippen LogP contribution in [0.2, 0.25) is 0 Å². The second-order valence-corrected chi connectivity index (χ2v) is 8.81. The Kier molecular flexibility index (Phi) is 9.06. The third kappa shape index (κ3) is 7.16. The summed E-state index contributed by atoms with van der Waals surface area (Å²) in [5.74, 6) is 1.49. The second kappa shape index (κ2) is 12.0. The number of aliphatic hydroxyl groups excluding tert-OH is 1. The number of rotatable bonds is 12. The molecule has 0 spiro atoms. The Morgan fingerprint density at radius 3 is 2.39 bits per heavy atom. The van der Waals surface area contributed by atoms with Crippen LogP contribution in [0.25, 0.3) is 11.3 Å². The first-order valence-corrected chi connectivity index (χ1v) is 11.7. The van der Waals surface area contributed by atoms with Gasteiger partial charge in [-0.25, -0.2) is 4.68 Å². The fourth-order valence-electron chi connectivity index (χ4n) is 3.80. The van der Waals surface area contributed by atoms with Crippen LogP contribution in [-0.2, 0) is 18.3 Å². The van der Waals surface area contributed by atoms with E-state index in [9.17, 15) is 5.11 Å². The summed E-state index contributed by atoms with van der Waals surface area (Å²) in [5.41, 5.74) is 4.13. The Balaban J connectivity index is 1.92. The number of aryl methyl sites for hydroxylation is 2. The summed E-state index contributed by atoms with van der Waals surface area (Å²) < 4.78 is 13.8. The standard InChI is InChI=1S/C27H37N3O3/c1-6-16-30(17-23(31)19-32-20(2)3)18-25-26(22-10-8-7-9-11-22)28-29(5)27(25)33-24-14-12-21(4)13-15-24/h7-15,20,23,31H,6,16-19H2,1-5H3/t23-/m1/s1. The molecule has 3 rings (SSSR count). The topological polar surface area (TPSA) is 59.8 Å². The van der Waals surface area contributed by atoms with Crippen LogP contribution in [0.4, 0.5) is 0 Å². The molecule has 0 saturated carbocycles. The smallest absolute Gasteiger partial charge is 0.222 e. The lowest BCUT2D eigenvalue weighted by Crippen LogP contribution is -2.35. The second-order valence-electron chi connectivity index (χ2n) is 8.81. The van der Waals surface area contributed by atoms with Gasteiger partial charge in [-0.3, -0.25) is 4.90 Å². The van der Waals surface area contributed by atoms with Gasteiger partial charge >= 0.3 is 0 Å². The summed E-state index contributed by atoms with van der Waals surface area (Å²) >= 11 is 0. The predicted molar refractivity (Wildman–Crippen MR) is 133 cm³/mol. The number of hydrogen-bond donors (Lipinski definition) is 1. The van der Waals surface area contributed by atoms with Crippen molar-refractivity contribution in [3.8, 4) is 22.9 Å². The van der Waals surface area contributed by atoms with Gasteiger partial charge in [0.15, 0.2) is 0 Å². The summed E-state index contributed by atoms with van der Waals surface area (Å²) in [5, 5.41) is 15.4. The van der Waals surface area contributed by atoms with Gasteiger partial charge in [0.05, 0.1) is 24.4 Å². The third-order valence-electron chi connectivity index (χ3n) is 5.38. The van der Waals surface area contributed by atoms with Gasteiger partial charge in [0.25, 0.3) is 0 Å². The molecule has 0 fully saturated rings. The van der Waals surface area contributed by atoms with Gasteiger partial charge < -0.3 is 14.6 Å². The molecule has 6 heteroatoms. The molecular weight excluding hydrogens is 414 g/mol. The molecule has 0 aliphatic rings. The summed E-state index contributed by atoms with van der Waals surface area (Å²) in [4.78, 5) is 2.25. The summed E-state index contributed by atoms with van der Waals surface area (Å²) in [6, 6.07) is 18.2. The molecule has 0 aliphatic heterocycles. The Labute approximate surface area is 197 Å². The maximum atomic E-state index is 10.6. The van der Waals surface area contributed by atoms with Gasteiger partial charge in [0, 0.05) is 25.7 Å². The first kappa shape index (κ1) is 25.0. The summed E-state index contributed by atoms with van der Waals surface area (Å²) in [6.45, 7) is 10.5. The van der Waals surface area contributed by atoms with E-state index >= 15 is 0 Å². The number of aliphatic hydroxyl groups is 1. The fourth-order valence-corrected chi connectivity index (χ4v) is 3.80. The highest BCUT2D eigenvalue weighted by molar-refractivity contribution is 5.65. The molecule has 0 saturated heterocycles. The average molecular weight is 452 g/mol. The molecular formula is C27H37N3O3. The lowest BCUT2D eigenvalue weighted by atomic mass is 10.1. The first-order chi connectivity index (χ1) is 15.9. The van der Waals surface area contributed by atoms with Crippen molar-refractivity contribution in [3.63, 3.8) is 0 Å². The fraction of sp³-hybridized carbons (Fsp3) is 0.444. The Bertz CT molecular complexity index is 984. The number of ether oxygens (including phenoxy) is 2. The van der Waals surface area contributed by atoms with Crippen molar-refractivity contribution in [2.45, 2.75) is 52.9 Å². The van der Waals surface area contributed by atoms with E-state index in [0.717, 1.165) is 35.5 Å². The number of benzene rings is 2. The molecule has 0 radical (unpaired) electrons. The normalized spacial score (nSPS) is 12.5. The van der Waals surface area contributed by atoms with Crippen LogP contribution < -0.4 is 4.74 Å². The summed E-state index contributed by atoms with van der Waals surface area (Å²) in [6.07, 6.45) is 0.515. The summed E-state index contributed by atoms with van der Waals surface area (Å²) in [7, 11) is 1.91. The van der Waals surface area contributed by atoms with Gasteiger partial charge in [-0.05, 0) is 45.9 Å².